The van der Waals surface area contributed by atoms with Gasteiger partial charge in [0.15, 0.2) is 0 Å². The van der Waals surface area contributed by atoms with Crippen LogP contribution in [0.4, 0.5) is 17.6 Å². The Hall–Kier alpha value is -1.07. The summed E-state index contributed by atoms with van der Waals surface area (Å²) in [4.78, 5) is 0. The smallest absolute Gasteiger partial charge is 0.324 e. The SMILES string of the molecule is C=C(C)C[C@H](N)c1ccc(F)cc1C(F)(F)F.Cl. The minimum Gasteiger partial charge on any atom is -0.324 e. The molecule has 0 saturated carbocycles. The van der Waals surface area contributed by atoms with Crippen LogP contribution in [-0.2, 0) is 6.18 Å². The minimum absolute atomic E-state index is 0. The van der Waals surface area contributed by atoms with Gasteiger partial charge >= 0.3 is 6.18 Å². The first kappa shape index (κ1) is 16.9. The lowest BCUT2D eigenvalue weighted by atomic mass is 9.96. The van der Waals surface area contributed by atoms with Crippen molar-refractivity contribution in [3.05, 3.63) is 47.3 Å². The van der Waals surface area contributed by atoms with Gasteiger partial charge in [0.25, 0.3) is 0 Å². The van der Waals surface area contributed by atoms with E-state index in [2.05, 4.69) is 6.58 Å². The van der Waals surface area contributed by atoms with Gasteiger partial charge in [-0.25, -0.2) is 4.39 Å². The van der Waals surface area contributed by atoms with E-state index in [0.29, 0.717) is 11.6 Å². The fourth-order valence-electron chi connectivity index (χ4n) is 1.58. The van der Waals surface area contributed by atoms with Crippen LogP contribution in [0.5, 0.6) is 0 Å². The van der Waals surface area contributed by atoms with E-state index < -0.39 is 23.6 Å². The van der Waals surface area contributed by atoms with Crippen LogP contribution in [0.25, 0.3) is 0 Å². The third-order valence-electron chi connectivity index (χ3n) is 2.29. The molecule has 0 aliphatic heterocycles. The fraction of sp³-hybridized carbons (Fsp3) is 0.333. The number of hydrogen-bond donors (Lipinski definition) is 1. The van der Waals surface area contributed by atoms with Gasteiger partial charge in [-0.2, -0.15) is 13.2 Å². The zero-order valence-electron chi connectivity index (χ0n) is 9.72. The van der Waals surface area contributed by atoms with Crippen molar-refractivity contribution in [2.45, 2.75) is 25.6 Å². The zero-order chi connectivity index (χ0) is 13.2. The molecule has 0 aromatic heterocycles. The molecule has 0 bridgehead atoms. The topological polar surface area (TPSA) is 26.0 Å². The second-order valence-electron chi connectivity index (χ2n) is 4.00. The lowest BCUT2D eigenvalue weighted by molar-refractivity contribution is -0.138. The summed E-state index contributed by atoms with van der Waals surface area (Å²) < 4.78 is 50.9. The summed E-state index contributed by atoms with van der Waals surface area (Å²) >= 11 is 0. The van der Waals surface area contributed by atoms with Gasteiger partial charge in [-0.1, -0.05) is 11.6 Å². The molecule has 2 N–H and O–H groups in total. The van der Waals surface area contributed by atoms with Crippen LogP contribution < -0.4 is 5.73 Å². The second-order valence-corrected chi connectivity index (χ2v) is 4.00. The van der Waals surface area contributed by atoms with Crippen LogP contribution in [0.2, 0.25) is 0 Å². The molecule has 6 heteroatoms. The molecule has 0 unspecified atom stereocenters. The van der Waals surface area contributed by atoms with E-state index in [0.717, 1.165) is 12.1 Å². The van der Waals surface area contributed by atoms with E-state index in [1.165, 1.54) is 0 Å². The molecule has 0 radical (unpaired) electrons. The lowest BCUT2D eigenvalue weighted by Gasteiger charge is -2.18. The van der Waals surface area contributed by atoms with E-state index in [-0.39, 0.29) is 24.4 Å². The van der Waals surface area contributed by atoms with Crippen molar-refractivity contribution in [3.8, 4) is 0 Å². The Morgan fingerprint density at radius 3 is 2.39 bits per heavy atom. The Bertz CT molecular complexity index is 429. The number of alkyl halides is 3. The van der Waals surface area contributed by atoms with E-state index in [4.69, 9.17) is 5.73 Å². The highest BCUT2D eigenvalue weighted by molar-refractivity contribution is 5.85. The highest BCUT2D eigenvalue weighted by Crippen LogP contribution is 2.35. The highest BCUT2D eigenvalue weighted by atomic mass is 35.5. The van der Waals surface area contributed by atoms with E-state index in [9.17, 15) is 17.6 Å². The molecule has 0 aliphatic rings. The summed E-state index contributed by atoms with van der Waals surface area (Å²) in [5.74, 6) is -0.927. The molecule has 0 spiro atoms. The third kappa shape index (κ3) is 4.31. The van der Waals surface area contributed by atoms with Crippen molar-refractivity contribution in [3.63, 3.8) is 0 Å². The third-order valence-corrected chi connectivity index (χ3v) is 2.29. The molecule has 0 aliphatic carbocycles. The molecule has 1 aromatic carbocycles. The largest absolute Gasteiger partial charge is 0.416 e. The van der Waals surface area contributed by atoms with Gasteiger partial charge in [-0.3, -0.25) is 0 Å². The molecular weight excluding hydrogens is 270 g/mol. The van der Waals surface area contributed by atoms with Crippen molar-refractivity contribution >= 4 is 12.4 Å². The maximum atomic E-state index is 12.8. The molecule has 0 amide bonds. The van der Waals surface area contributed by atoms with Crippen molar-refractivity contribution < 1.29 is 17.6 Å². The second kappa shape index (κ2) is 6.20. The summed E-state index contributed by atoms with van der Waals surface area (Å²) in [5, 5.41) is 0. The first-order valence-corrected chi connectivity index (χ1v) is 4.98. The van der Waals surface area contributed by atoms with Gasteiger partial charge in [-0.15, -0.1) is 19.0 Å². The number of halogens is 5. The van der Waals surface area contributed by atoms with Gasteiger partial charge in [0.1, 0.15) is 5.82 Å². The molecule has 0 fully saturated rings. The molecule has 1 aromatic rings. The first-order chi connectivity index (χ1) is 7.71. The standard InChI is InChI=1S/C12H13F4N.ClH/c1-7(2)5-11(17)9-4-3-8(13)6-10(9)12(14,15)16;/h3-4,6,11H,1,5,17H2,2H3;1H/t11-;/m0./s1. The zero-order valence-corrected chi connectivity index (χ0v) is 10.5. The molecule has 102 valence electrons. The molecule has 0 saturated heterocycles. The van der Waals surface area contributed by atoms with E-state index in [1.807, 2.05) is 0 Å². The van der Waals surface area contributed by atoms with Crippen LogP contribution in [0.1, 0.15) is 30.5 Å². The molecule has 1 rings (SSSR count). The monoisotopic (exact) mass is 283 g/mol. The van der Waals surface area contributed by atoms with Crippen molar-refractivity contribution in [2.24, 2.45) is 5.73 Å². The van der Waals surface area contributed by atoms with Crippen LogP contribution in [0.15, 0.2) is 30.4 Å². The molecule has 1 atom stereocenters. The maximum Gasteiger partial charge on any atom is 0.416 e. The molecular formula is C12H14ClF4N. The Kier molecular flexibility index (Phi) is 5.83. The summed E-state index contributed by atoms with van der Waals surface area (Å²) in [5.41, 5.74) is 5.20. The number of rotatable bonds is 3. The average Bonchev–Trinajstić information content (AvgIpc) is 2.14. The fourth-order valence-corrected chi connectivity index (χ4v) is 1.58. The van der Waals surface area contributed by atoms with Crippen molar-refractivity contribution in [1.82, 2.24) is 0 Å². The van der Waals surface area contributed by atoms with E-state index in [1.54, 1.807) is 6.92 Å². The Morgan fingerprint density at radius 1 is 1.39 bits per heavy atom. The van der Waals surface area contributed by atoms with Gasteiger partial charge < -0.3 is 5.73 Å². The predicted octanol–water partition coefficient (Wildman–Crippen LogP) is 4.23. The summed E-state index contributed by atoms with van der Waals surface area (Å²) in [6.07, 6.45) is -4.38. The summed E-state index contributed by atoms with van der Waals surface area (Å²) in [7, 11) is 0. The Labute approximate surface area is 109 Å². The molecule has 0 heterocycles. The van der Waals surface area contributed by atoms with E-state index >= 15 is 0 Å². The first-order valence-electron chi connectivity index (χ1n) is 4.98. The quantitative estimate of drug-likeness (QED) is 0.652. The lowest BCUT2D eigenvalue weighted by Crippen LogP contribution is -2.18. The van der Waals surface area contributed by atoms with Gasteiger partial charge in [-0.05, 0) is 31.0 Å². The summed E-state index contributed by atoms with van der Waals surface area (Å²) in [6.45, 7) is 5.27. The average molecular weight is 284 g/mol. The Balaban J connectivity index is 0.00000289. The Morgan fingerprint density at radius 2 is 1.94 bits per heavy atom. The number of nitrogens with two attached hydrogens (primary N) is 1. The van der Waals surface area contributed by atoms with Crippen LogP contribution >= 0.6 is 12.4 Å². The van der Waals surface area contributed by atoms with Crippen molar-refractivity contribution in [2.75, 3.05) is 0 Å². The highest BCUT2D eigenvalue weighted by Gasteiger charge is 2.35. The van der Waals surface area contributed by atoms with Crippen LogP contribution in [-0.4, -0.2) is 0 Å². The predicted molar refractivity (Wildman–Crippen MR) is 65.0 cm³/mol. The van der Waals surface area contributed by atoms with Gasteiger partial charge in [0, 0.05) is 6.04 Å². The maximum absolute atomic E-state index is 12.8. The molecule has 18 heavy (non-hydrogen) atoms. The minimum atomic E-state index is -4.61. The van der Waals surface area contributed by atoms with Crippen molar-refractivity contribution in [1.29, 1.82) is 0 Å². The van der Waals surface area contributed by atoms with Gasteiger partial charge in [0.05, 0.1) is 5.56 Å². The normalized spacial score (nSPS) is 12.8. The number of hydrogen-bond acceptors (Lipinski definition) is 1. The van der Waals surface area contributed by atoms with Crippen LogP contribution in [0.3, 0.4) is 0 Å². The molecule has 1 nitrogen and oxygen atoms in total. The summed E-state index contributed by atoms with van der Waals surface area (Å²) in [6, 6.07) is 1.69. The van der Waals surface area contributed by atoms with Gasteiger partial charge in [0.2, 0.25) is 0 Å². The number of benzene rings is 1. The van der Waals surface area contributed by atoms with Crippen LogP contribution in [0, 0.1) is 5.82 Å².